The van der Waals surface area contributed by atoms with Gasteiger partial charge in [0.05, 0.1) is 13.2 Å². The molecule has 0 aliphatic heterocycles. The molecule has 0 amide bonds. The van der Waals surface area contributed by atoms with Crippen LogP contribution in [0.4, 0.5) is 0 Å². The van der Waals surface area contributed by atoms with E-state index in [-0.39, 0.29) is 13.2 Å². The minimum Gasteiger partial charge on any atom is -0.394 e. The number of unbranched alkanes of at least 4 members (excludes halogenated alkanes) is 1. The fourth-order valence-corrected chi connectivity index (χ4v) is 0.518. The van der Waals surface area contributed by atoms with Gasteiger partial charge >= 0.3 is 0 Å². The topological polar surface area (TPSA) is 176 Å². The van der Waals surface area contributed by atoms with Crippen LogP contribution < -0.4 is 0 Å². The van der Waals surface area contributed by atoms with Crippen LogP contribution in [0, 0.1) is 20.2 Å². The van der Waals surface area contributed by atoms with Crippen molar-refractivity contribution in [3.63, 3.8) is 0 Å². The molecule has 0 heterocycles. The Morgan fingerprint density at radius 2 is 1.61 bits per heavy atom. The first kappa shape index (κ1) is 21.6. The molecule has 0 bridgehead atoms. The van der Waals surface area contributed by atoms with Gasteiger partial charge in [0.15, 0.2) is 0 Å². The second kappa shape index (κ2) is 17.7. The first-order valence-electron chi connectivity index (χ1n) is 4.81. The van der Waals surface area contributed by atoms with E-state index in [9.17, 15) is 0 Å². The van der Waals surface area contributed by atoms with Gasteiger partial charge in [0.25, 0.3) is 10.2 Å². The molecule has 4 N–H and O–H groups in total. The molecule has 0 aliphatic carbocycles. The number of hydrogen-bond donors (Lipinski definition) is 4. The van der Waals surface area contributed by atoms with Crippen LogP contribution in [0.2, 0.25) is 0 Å². The molecular weight excluding hydrogens is 256 g/mol. The smallest absolute Gasteiger partial charge is 0.291 e. The van der Waals surface area contributed by atoms with Crippen molar-refractivity contribution in [1.29, 1.82) is 0 Å². The van der Waals surface area contributed by atoms with Gasteiger partial charge in [-0.3, -0.25) is 0 Å². The SMILES string of the molecule is CCCCOCC(O)CO.O=[N+]([O-])O.O=[N+]([O-])O. The van der Waals surface area contributed by atoms with Crippen molar-refractivity contribution < 1.29 is 35.5 Å². The van der Waals surface area contributed by atoms with Gasteiger partial charge in [-0.15, -0.1) is 20.2 Å². The third kappa shape index (κ3) is 63.9. The van der Waals surface area contributed by atoms with E-state index >= 15 is 0 Å². The van der Waals surface area contributed by atoms with Gasteiger partial charge in [-0.2, -0.15) is 0 Å². The Balaban J connectivity index is -0.000000233. The number of aliphatic hydroxyl groups excluding tert-OH is 2. The molecule has 1 unspecified atom stereocenters. The largest absolute Gasteiger partial charge is 0.394 e. The summed E-state index contributed by atoms with van der Waals surface area (Å²) in [6.45, 7) is 2.78. The number of nitrogens with zero attached hydrogens (tertiary/aromatic N) is 2. The van der Waals surface area contributed by atoms with Gasteiger partial charge in [0, 0.05) is 6.61 Å². The lowest BCUT2D eigenvalue weighted by Crippen LogP contribution is -2.19. The average Bonchev–Trinajstić information content (AvgIpc) is 2.22. The summed E-state index contributed by atoms with van der Waals surface area (Å²) in [6, 6.07) is 0. The van der Waals surface area contributed by atoms with Crippen LogP contribution in [0.15, 0.2) is 0 Å². The van der Waals surface area contributed by atoms with Crippen LogP contribution in [0.3, 0.4) is 0 Å². The van der Waals surface area contributed by atoms with Crippen molar-refractivity contribution in [1.82, 2.24) is 0 Å². The summed E-state index contributed by atoms with van der Waals surface area (Å²) in [5.74, 6) is 0. The molecule has 0 aliphatic rings. The monoisotopic (exact) mass is 274 g/mol. The first-order chi connectivity index (χ1) is 8.27. The highest BCUT2D eigenvalue weighted by Crippen LogP contribution is 1.89. The predicted octanol–water partition coefficient (Wildman–Crippen LogP) is -0.539. The first-order valence-corrected chi connectivity index (χ1v) is 4.81. The van der Waals surface area contributed by atoms with Gasteiger partial charge in [-0.25, -0.2) is 0 Å². The van der Waals surface area contributed by atoms with E-state index in [2.05, 4.69) is 6.92 Å². The van der Waals surface area contributed by atoms with Crippen molar-refractivity contribution in [3.05, 3.63) is 20.2 Å². The van der Waals surface area contributed by atoms with Crippen molar-refractivity contribution in [2.75, 3.05) is 19.8 Å². The Morgan fingerprint density at radius 1 is 1.22 bits per heavy atom. The molecule has 0 radical (unpaired) electrons. The van der Waals surface area contributed by atoms with Crippen LogP contribution in [0.25, 0.3) is 0 Å². The van der Waals surface area contributed by atoms with E-state index in [0.29, 0.717) is 6.61 Å². The molecule has 0 aromatic carbocycles. The fraction of sp³-hybridized carbons (Fsp3) is 1.00. The quantitative estimate of drug-likeness (QED) is 0.281. The Labute approximate surface area is 102 Å². The molecule has 0 saturated heterocycles. The lowest BCUT2D eigenvalue weighted by Gasteiger charge is -2.06. The van der Waals surface area contributed by atoms with Gasteiger partial charge < -0.3 is 25.4 Å². The zero-order valence-electron chi connectivity index (χ0n) is 9.84. The molecule has 11 heteroatoms. The number of rotatable bonds is 6. The molecule has 0 fully saturated rings. The highest BCUT2D eigenvalue weighted by molar-refractivity contribution is 4.48. The summed E-state index contributed by atoms with van der Waals surface area (Å²) in [4.78, 5) is 16.7. The van der Waals surface area contributed by atoms with Crippen LogP contribution in [-0.2, 0) is 4.74 Å². The highest BCUT2D eigenvalue weighted by Gasteiger charge is 1.99. The summed E-state index contributed by atoms with van der Waals surface area (Å²) in [5, 5.41) is 44.4. The molecule has 1 atom stereocenters. The summed E-state index contributed by atoms with van der Waals surface area (Å²) in [6.07, 6.45) is 1.39. The van der Waals surface area contributed by atoms with E-state index in [0.717, 1.165) is 12.8 Å². The molecule has 0 rings (SSSR count). The van der Waals surface area contributed by atoms with Crippen molar-refractivity contribution in [2.45, 2.75) is 25.9 Å². The molecule has 110 valence electrons. The van der Waals surface area contributed by atoms with Crippen molar-refractivity contribution in [3.8, 4) is 0 Å². The van der Waals surface area contributed by atoms with Crippen LogP contribution in [-0.4, -0.2) is 56.7 Å². The normalized spacial score (nSPS) is 10.2. The minimum absolute atomic E-state index is 0.216. The highest BCUT2D eigenvalue weighted by atomic mass is 16.9. The zero-order chi connectivity index (χ0) is 15.0. The lowest BCUT2D eigenvalue weighted by molar-refractivity contribution is -0.742. The lowest BCUT2D eigenvalue weighted by atomic mass is 10.3. The second-order valence-corrected chi connectivity index (χ2v) is 2.74. The van der Waals surface area contributed by atoms with Gasteiger partial charge in [-0.05, 0) is 6.42 Å². The van der Waals surface area contributed by atoms with Crippen LogP contribution >= 0.6 is 0 Å². The summed E-state index contributed by atoms with van der Waals surface area (Å²) < 4.78 is 5.02. The van der Waals surface area contributed by atoms with Gasteiger partial charge in [0.2, 0.25) is 0 Å². The third-order valence-electron chi connectivity index (χ3n) is 1.16. The van der Waals surface area contributed by atoms with Crippen molar-refractivity contribution >= 4 is 0 Å². The molecule has 18 heavy (non-hydrogen) atoms. The standard InChI is InChI=1S/C7H16O3.2HNO3/c1-2-3-4-10-6-7(9)5-8;2*2-1(3)4/h7-9H,2-6H2,1H3;2*(H,2,3,4). The maximum atomic E-state index is 8.78. The molecule has 0 spiro atoms. The number of aliphatic hydroxyl groups is 2. The van der Waals surface area contributed by atoms with E-state index in [1.54, 1.807) is 0 Å². The average molecular weight is 274 g/mol. The molecular formula is C7H18N2O9. The van der Waals surface area contributed by atoms with Gasteiger partial charge in [-0.1, -0.05) is 13.3 Å². The Hall–Kier alpha value is -1.72. The Morgan fingerprint density at radius 3 is 1.89 bits per heavy atom. The number of ether oxygens (including phenoxy) is 1. The fourth-order valence-electron chi connectivity index (χ4n) is 0.518. The predicted molar refractivity (Wildman–Crippen MR) is 56.4 cm³/mol. The van der Waals surface area contributed by atoms with Crippen LogP contribution in [0.5, 0.6) is 0 Å². The van der Waals surface area contributed by atoms with Crippen LogP contribution in [0.1, 0.15) is 19.8 Å². The number of hydrogen-bond acceptors (Lipinski definition) is 7. The summed E-state index contributed by atoms with van der Waals surface area (Å²) in [7, 11) is 0. The molecule has 0 saturated carbocycles. The Kier molecular flexibility index (Phi) is 21.2. The van der Waals surface area contributed by atoms with E-state index < -0.39 is 16.3 Å². The van der Waals surface area contributed by atoms with E-state index in [4.69, 9.17) is 45.6 Å². The molecule has 0 aromatic heterocycles. The minimum atomic E-state index is -1.50. The summed E-state index contributed by atoms with van der Waals surface area (Å²) in [5.41, 5.74) is 0. The summed E-state index contributed by atoms with van der Waals surface area (Å²) >= 11 is 0. The maximum Gasteiger partial charge on any atom is 0.291 e. The molecule has 0 aromatic rings. The van der Waals surface area contributed by atoms with Gasteiger partial charge in [0.1, 0.15) is 6.10 Å². The zero-order valence-corrected chi connectivity index (χ0v) is 9.84. The second-order valence-electron chi connectivity index (χ2n) is 2.74. The third-order valence-corrected chi connectivity index (χ3v) is 1.16. The van der Waals surface area contributed by atoms with E-state index in [1.807, 2.05) is 0 Å². The Bertz CT molecular complexity index is 181. The van der Waals surface area contributed by atoms with Crippen molar-refractivity contribution in [2.24, 2.45) is 0 Å². The molecule has 11 nitrogen and oxygen atoms in total. The van der Waals surface area contributed by atoms with E-state index in [1.165, 1.54) is 0 Å². The maximum absolute atomic E-state index is 8.78.